The van der Waals surface area contributed by atoms with Crippen LogP contribution in [-0.4, -0.2) is 47.7 Å². The highest BCUT2D eigenvalue weighted by Crippen LogP contribution is 2.39. The SMILES string of the molecule is O=C1c2c3ccc(NC4CCN(C(=O)Cc5ccccc5)CC4)c2C(=O)N(c2cccc(Cl)c2)C1C=C3. The van der Waals surface area contributed by atoms with E-state index in [9.17, 15) is 14.4 Å². The molecule has 3 aromatic rings. The number of Topliss-reactive ketones (excluding diaryl/α,β-unsaturated/α-hetero) is 1. The van der Waals surface area contributed by atoms with Gasteiger partial charge in [0.05, 0.1) is 12.0 Å². The fourth-order valence-corrected chi connectivity index (χ4v) is 5.71. The van der Waals surface area contributed by atoms with Crippen molar-refractivity contribution in [3.63, 3.8) is 0 Å². The number of hydrogen-bond acceptors (Lipinski definition) is 4. The van der Waals surface area contributed by atoms with Crippen LogP contribution in [0.2, 0.25) is 5.02 Å². The van der Waals surface area contributed by atoms with Crippen molar-refractivity contribution in [2.45, 2.75) is 31.3 Å². The summed E-state index contributed by atoms with van der Waals surface area (Å²) in [5.41, 5.74) is 3.92. The van der Waals surface area contributed by atoms with Crippen molar-refractivity contribution < 1.29 is 14.4 Å². The first-order valence-electron chi connectivity index (χ1n) is 12.6. The molecule has 1 unspecified atom stereocenters. The molecule has 186 valence electrons. The van der Waals surface area contributed by atoms with Gasteiger partial charge in [0.1, 0.15) is 6.04 Å². The average molecular weight is 512 g/mol. The molecule has 1 atom stereocenters. The molecule has 0 aromatic heterocycles. The second-order valence-electron chi connectivity index (χ2n) is 9.74. The molecule has 3 aliphatic rings. The lowest BCUT2D eigenvalue weighted by molar-refractivity contribution is -0.131. The standard InChI is InChI=1S/C30H26ClN3O3/c31-21-7-4-8-23(18-21)34-25-12-10-20-9-11-24(28(30(34)37)27(20)29(25)36)32-22-13-15-33(16-14-22)26(35)17-19-5-2-1-3-6-19/h1-12,18,22,25,32H,13-17H2. The van der Waals surface area contributed by atoms with E-state index in [-0.39, 0.29) is 23.6 Å². The Bertz CT molecular complexity index is 1430. The van der Waals surface area contributed by atoms with Gasteiger partial charge in [0.15, 0.2) is 5.78 Å². The molecule has 7 heteroatoms. The number of amides is 2. The molecular weight excluding hydrogens is 486 g/mol. The Morgan fingerprint density at radius 2 is 1.73 bits per heavy atom. The van der Waals surface area contributed by atoms with Gasteiger partial charge in [-0.25, -0.2) is 0 Å². The average Bonchev–Trinajstić information content (AvgIpc) is 2.90. The number of fused-ring (bicyclic) bond motifs is 1. The van der Waals surface area contributed by atoms with Gasteiger partial charge < -0.3 is 10.2 Å². The monoisotopic (exact) mass is 511 g/mol. The van der Waals surface area contributed by atoms with Crippen LogP contribution in [0.3, 0.4) is 0 Å². The molecule has 1 fully saturated rings. The second kappa shape index (κ2) is 9.52. The molecule has 1 aliphatic carbocycles. The molecule has 37 heavy (non-hydrogen) atoms. The second-order valence-corrected chi connectivity index (χ2v) is 10.2. The molecule has 0 radical (unpaired) electrons. The Morgan fingerprint density at radius 1 is 0.946 bits per heavy atom. The van der Waals surface area contributed by atoms with Crippen LogP contribution < -0.4 is 10.2 Å². The predicted molar refractivity (Wildman–Crippen MR) is 145 cm³/mol. The van der Waals surface area contributed by atoms with Crippen molar-refractivity contribution in [2.24, 2.45) is 0 Å². The van der Waals surface area contributed by atoms with Crippen molar-refractivity contribution >= 4 is 46.6 Å². The van der Waals surface area contributed by atoms with Crippen LogP contribution in [0.1, 0.15) is 44.7 Å². The van der Waals surface area contributed by atoms with Crippen LogP contribution in [0.4, 0.5) is 11.4 Å². The van der Waals surface area contributed by atoms with Gasteiger partial charge >= 0.3 is 0 Å². The maximum atomic E-state index is 13.9. The minimum absolute atomic E-state index is 0.0861. The van der Waals surface area contributed by atoms with Crippen LogP contribution in [-0.2, 0) is 11.2 Å². The summed E-state index contributed by atoms with van der Waals surface area (Å²) in [4.78, 5) is 43.5. The lowest BCUT2D eigenvalue weighted by atomic mass is 9.82. The zero-order valence-corrected chi connectivity index (χ0v) is 20.9. The molecule has 2 heterocycles. The van der Waals surface area contributed by atoms with E-state index in [1.54, 1.807) is 30.3 Å². The van der Waals surface area contributed by atoms with E-state index in [2.05, 4.69) is 5.32 Å². The van der Waals surface area contributed by atoms with Crippen molar-refractivity contribution in [1.82, 2.24) is 4.90 Å². The number of piperidine rings is 1. The lowest BCUT2D eigenvalue weighted by Gasteiger charge is -2.38. The Kier molecular flexibility index (Phi) is 6.05. The minimum Gasteiger partial charge on any atom is -0.382 e. The quantitative estimate of drug-likeness (QED) is 0.509. The summed E-state index contributed by atoms with van der Waals surface area (Å²) in [6.07, 6.45) is 5.62. The number of likely N-dealkylation sites (tertiary alicyclic amines) is 1. The van der Waals surface area contributed by atoms with Crippen molar-refractivity contribution in [3.05, 3.63) is 100 Å². The minimum atomic E-state index is -0.680. The van der Waals surface area contributed by atoms with E-state index in [0.29, 0.717) is 47.0 Å². The van der Waals surface area contributed by atoms with E-state index in [1.165, 1.54) is 4.90 Å². The summed E-state index contributed by atoms with van der Waals surface area (Å²) < 4.78 is 0. The number of ketones is 1. The molecule has 0 spiro atoms. The molecule has 1 N–H and O–H groups in total. The molecule has 6 nitrogen and oxygen atoms in total. The van der Waals surface area contributed by atoms with E-state index in [4.69, 9.17) is 11.6 Å². The number of nitrogens with zero attached hydrogens (tertiary/aromatic N) is 2. The van der Waals surface area contributed by atoms with Gasteiger partial charge in [0.2, 0.25) is 5.91 Å². The first-order valence-corrected chi connectivity index (χ1v) is 12.9. The predicted octanol–water partition coefficient (Wildman–Crippen LogP) is 5.22. The van der Waals surface area contributed by atoms with Crippen LogP contribution >= 0.6 is 11.6 Å². The summed E-state index contributed by atoms with van der Waals surface area (Å²) in [6, 6.07) is 20.0. The Balaban J connectivity index is 1.22. The number of halogens is 1. The van der Waals surface area contributed by atoms with E-state index in [0.717, 1.165) is 24.0 Å². The summed E-state index contributed by atoms with van der Waals surface area (Å²) >= 11 is 6.21. The van der Waals surface area contributed by atoms with Gasteiger partial charge in [0, 0.05) is 41.1 Å². The number of nitrogens with one attached hydrogen (secondary N) is 1. The number of anilines is 2. The highest BCUT2D eigenvalue weighted by molar-refractivity contribution is 6.31. The molecule has 2 aliphatic heterocycles. The van der Waals surface area contributed by atoms with E-state index in [1.807, 2.05) is 53.4 Å². The van der Waals surface area contributed by atoms with Crippen LogP contribution in [0.15, 0.2) is 72.8 Å². The fourth-order valence-electron chi connectivity index (χ4n) is 5.52. The summed E-state index contributed by atoms with van der Waals surface area (Å²) in [5.74, 6) is -0.174. The van der Waals surface area contributed by atoms with Gasteiger partial charge in [-0.05, 0) is 48.2 Å². The highest BCUT2D eigenvalue weighted by Gasteiger charge is 2.43. The number of hydrogen-bond donors (Lipinski definition) is 1. The highest BCUT2D eigenvalue weighted by atomic mass is 35.5. The Labute approximate surface area is 220 Å². The van der Waals surface area contributed by atoms with Crippen molar-refractivity contribution in [2.75, 3.05) is 23.3 Å². The van der Waals surface area contributed by atoms with Crippen LogP contribution in [0, 0.1) is 0 Å². The van der Waals surface area contributed by atoms with Crippen molar-refractivity contribution in [3.8, 4) is 0 Å². The Hall–Kier alpha value is -3.90. The third-order valence-electron chi connectivity index (χ3n) is 7.41. The van der Waals surface area contributed by atoms with Crippen LogP contribution in [0.25, 0.3) is 6.08 Å². The molecule has 2 amide bonds. The van der Waals surface area contributed by atoms with Gasteiger partial charge in [-0.15, -0.1) is 0 Å². The number of carbonyl (C=O) groups is 3. The number of benzene rings is 3. The first kappa shape index (κ1) is 23.5. The van der Waals surface area contributed by atoms with Gasteiger partial charge in [-0.1, -0.05) is 66.2 Å². The fraction of sp³-hybridized carbons (Fsp3) is 0.233. The van der Waals surface area contributed by atoms with Crippen LogP contribution in [0.5, 0.6) is 0 Å². The zero-order valence-electron chi connectivity index (χ0n) is 20.2. The number of carbonyl (C=O) groups excluding carboxylic acids is 3. The molecule has 2 bridgehead atoms. The third kappa shape index (κ3) is 4.31. The summed E-state index contributed by atoms with van der Waals surface area (Å²) in [7, 11) is 0. The first-order chi connectivity index (χ1) is 18.0. The van der Waals surface area contributed by atoms with E-state index >= 15 is 0 Å². The molecule has 3 aromatic carbocycles. The van der Waals surface area contributed by atoms with Gasteiger partial charge in [0.25, 0.3) is 5.91 Å². The molecule has 6 rings (SSSR count). The summed E-state index contributed by atoms with van der Waals surface area (Å²) in [5, 5.41) is 4.03. The smallest absolute Gasteiger partial charge is 0.262 e. The lowest BCUT2D eigenvalue weighted by Crippen LogP contribution is -2.51. The zero-order chi connectivity index (χ0) is 25.5. The largest absolute Gasteiger partial charge is 0.382 e. The van der Waals surface area contributed by atoms with Gasteiger partial charge in [-0.3, -0.25) is 19.3 Å². The van der Waals surface area contributed by atoms with Gasteiger partial charge in [-0.2, -0.15) is 0 Å². The molecule has 1 saturated heterocycles. The maximum Gasteiger partial charge on any atom is 0.262 e. The van der Waals surface area contributed by atoms with E-state index < -0.39 is 6.04 Å². The molecule has 0 saturated carbocycles. The topological polar surface area (TPSA) is 69.7 Å². The normalized spacial score (nSPS) is 18.8. The maximum absolute atomic E-state index is 13.9. The molecular formula is C30H26ClN3O3. The third-order valence-corrected chi connectivity index (χ3v) is 7.65. The van der Waals surface area contributed by atoms with Crippen molar-refractivity contribution in [1.29, 1.82) is 0 Å². The number of rotatable bonds is 5. The Morgan fingerprint density at radius 3 is 2.49 bits per heavy atom. The summed E-state index contributed by atoms with van der Waals surface area (Å²) in [6.45, 7) is 1.30.